The van der Waals surface area contributed by atoms with Gasteiger partial charge < -0.3 is 15.0 Å². The van der Waals surface area contributed by atoms with Crippen molar-refractivity contribution >= 4 is 17.6 Å². The van der Waals surface area contributed by atoms with Gasteiger partial charge >= 0.3 is 0 Å². The van der Waals surface area contributed by atoms with Gasteiger partial charge in [-0.1, -0.05) is 29.8 Å². The van der Waals surface area contributed by atoms with E-state index in [2.05, 4.69) is 30.3 Å². The fourth-order valence-electron chi connectivity index (χ4n) is 2.77. The van der Waals surface area contributed by atoms with Gasteiger partial charge in [0.1, 0.15) is 0 Å². The fraction of sp³-hybridized carbons (Fsp3) is 0.632. The predicted octanol–water partition coefficient (Wildman–Crippen LogP) is 3.94. The number of rotatable bonds is 9. The van der Waals surface area contributed by atoms with Crippen molar-refractivity contribution in [3.05, 3.63) is 34.9 Å². The van der Waals surface area contributed by atoms with Gasteiger partial charge in [0.05, 0.1) is 0 Å². The molecule has 0 bridgehead atoms. The van der Waals surface area contributed by atoms with Crippen LogP contribution in [-0.4, -0.2) is 44.2 Å². The summed E-state index contributed by atoms with van der Waals surface area (Å²) in [7, 11) is 2.06. The monoisotopic (exact) mass is 351 g/mol. The van der Waals surface area contributed by atoms with E-state index < -0.39 is 0 Å². The Balaban J connectivity index is 1.96. The van der Waals surface area contributed by atoms with Crippen LogP contribution in [0.25, 0.3) is 0 Å². The molecular formula is C19H30ClN3O. The van der Waals surface area contributed by atoms with E-state index in [-0.39, 0.29) is 0 Å². The molecule has 0 saturated heterocycles. The van der Waals surface area contributed by atoms with Crippen LogP contribution >= 0.6 is 11.6 Å². The van der Waals surface area contributed by atoms with E-state index in [1.165, 1.54) is 12.8 Å². The summed E-state index contributed by atoms with van der Waals surface area (Å²) in [6.45, 7) is 8.26. The molecule has 0 spiro atoms. The van der Waals surface area contributed by atoms with Crippen molar-refractivity contribution < 1.29 is 4.74 Å². The molecule has 0 aromatic heterocycles. The normalized spacial score (nSPS) is 16.1. The van der Waals surface area contributed by atoms with Crippen LogP contribution in [0.5, 0.6) is 0 Å². The summed E-state index contributed by atoms with van der Waals surface area (Å²) in [5.41, 5.74) is 1.48. The van der Waals surface area contributed by atoms with E-state index in [0.717, 1.165) is 55.8 Å². The van der Waals surface area contributed by atoms with Gasteiger partial charge in [0.25, 0.3) is 0 Å². The predicted molar refractivity (Wildman–Crippen MR) is 102 cm³/mol. The SMILES string of the molecule is CCNC(=NCC1(CCOCC)CC1)N(C)Cc1ccccc1Cl. The third-order valence-corrected chi connectivity index (χ3v) is 4.93. The molecule has 0 aliphatic heterocycles. The van der Waals surface area contributed by atoms with Crippen LogP contribution in [0.2, 0.25) is 5.02 Å². The van der Waals surface area contributed by atoms with E-state index in [9.17, 15) is 0 Å². The summed E-state index contributed by atoms with van der Waals surface area (Å²) in [5.74, 6) is 0.945. The molecule has 0 unspecified atom stereocenters. The minimum Gasteiger partial charge on any atom is -0.382 e. The zero-order valence-electron chi connectivity index (χ0n) is 15.1. The Morgan fingerprint density at radius 2 is 2.08 bits per heavy atom. The lowest BCUT2D eigenvalue weighted by molar-refractivity contribution is 0.129. The molecule has 0 atom stereocenters. The average molecular weight is 352 g/mol. The average Bonchev–Trinajstić information content (AvgIpc) is 3.34. The Morgan fingerprint density at radius 1 is 1.33 bits per heavy atom. The van der Waals surface area contributed by atoms with Crippen LogP contribution in [0.4, 0.5) is 0 Å². The zero-order valence-corrected chi connectivity index (χ0v) is 15.9. The van der Waals surface area contributed by atoms with Crippen LogP contribution in [0.3, 0.4) is 0 Å². The molecule has 134 valence electrons. The number of hydrogen-bond acceptors (Lipinski definition) is 2. The van der Waals surface area contributed by atoms with Crippen LogP contribution in [0.15, 0.2) is 29.3 Å². The first-order valence-corrected chi connectivity index (χ1v) is 9.28. The molecule has 1 N–H and O–H groups in total. The molecule has 4 nitrogen and oxygen atoms in total. The molecule has 1 aliphatic rings. The number of ether oxygens (including phenoxy) is 1. The highest BCUT2D eigenvalue weighted by Crippen LogP contribution is 2.49. The number of nitrogens with one attached hydrogen (secondary N) is 1. The second-order valence-corrected chi connectivity index (χ2v) is 6.97. The first-order chi connectivity index (χ1) is 11.6. The molecular weight excluding hydrogens is 322 g/mol. The van der Waals surface area contributed by atoms with Gasteiger partial charge in [-0.2, -0.15) is 0 Å². The minimum atomic E-state index is 0.362. The molecule has 1 fully saturated rings. The lowest BCUT2D eigenvalue weighted by Gasteiger charge is -2.23. The summed E-state index contributed by atoms with van der Waals surface area (Å²) in [6.07, 6.45) is 3.63. The Bertz CT molecular complexity index is 543. The first kappa shape index (κ1) is 19.1. The summed E-state index contributed by atoms with van der Waals surface area (Å²) < 4.78 is 5.51. The fourth-order valence-corrected chi connectivity index (χ4v) is 2.96. The van der Waals surface area contributed by atoms with E-state index in [1.807, 2.05) is 25.1 Å². The van der Waals surface area contributed by atoms with Gasteiger partial charge in [0.15, 0.2) is 5.96 Å². The summed E-state index contributed by atoms with van der Waals surface area (Å²) in [4.78, 5) is 7.03. The number of aliphatic imine (C=N–C) groups is 1. The largest absolute Gasteiger partial charge is 0.382 e. The smallest absolute Gasteiger partial charge is 0.193 e. The number of hydrogen-bond donors (Lipinski definition) is 1. The Labute approximate surface area is 151 Å². The first-order valence-electron chi connectivity index (χ1n) is 8.91. The molecule has 5 heteroatoms. The van der Waals surface area contributed by atoms with Crippen molar-refractivity contribution in [1.29, 1.82) is 0 Å². The zero-order chi connectivity index (χ0) is 17.4. The van der Waals surface area contributed by atoms with Crippen LogP contribution in [-0.2, 0) is 11.3 Å². The van der Waals surface area contributed by atoms with Gasteiger partial charge in [0.2, 0.25) is 0 Å². The lowest BCUT2D eigenvalue weighted by Crippen LogP contribution is -2.39. The standard InChI is InChI=1S/C19H30ClN3O/c1-4-21-18(22-15-19(10-11-19)12-13-24-5-2)23(3)14-16-8-6-7-9-17(16)20/h6-9H,4-5,10-15H2,1-3H3,(H,21,22). The van der Waals surface area contributed by atoms with Gasteiger partial charge in [-0.05, 0) is 50.2 Å². The summed E-state index contributed by atoms with van der Waals surface area (Å²) in [6, 6.07) is 7.97. The van der Waals surface area contributed by atoms with E-state index in [1.54, 1.807) is 0 Å². The quantitative estimate of drug-likeness (QED) is 0.416. The lowest BCUT2D eigenvalue weighted by atomic mass is 10.0. The highest BCUT2D eigenvalue weighted by Gasteiger charge is 2.42. The maximum atomic E-state index is 6.28. The number of nitrogens with zero attached hydrogens (tertiary/aromatic N) is 2. The van der Waals surface area contributed by atoms with E-state index in [4.69, 9.17) is 21.3 Å². The molecule has 1 saturated carbocycles. The van der Waals surface area contributed by atoms with Crippen molar-refractivity contribution in [3.8, 4) is 0 Å². The van der Waals surface area contributed by atoms with Crippen LogP contribution < -0.4 is 5.32 Å². The van der Waals surface area contributed by atoms with Crippen LogP contribution in [0.1, 0.15) is 38.7 Å². The van der Waals surface area contributed by atoms with Gasteiger partial charge in [-0.25, -0.2) is 0 Å². The molecule has 24 heavy (non-hydrogen) atoms. The van der Waals surface area contributed by atoms with Crippen molar-refractivity contribution in [2.75, 3.05) is 33.4 Å². The van der Waals surface area contributed by atoms with Crippen molar-refractivity contribution in [1.82, 2.24) is 10.2 Å². The van der Waals surface area contributed by atoms with E-state index in [0.29, 0.717) is 5.41 Å². The Hall–Kier alpha value is -1.26. The molecule has 0 amide bonds. The van der Waals surface area contributed by atoms with E-state index >= 15 is 0 Å². The molecule has 1 aromatic rings. The summed E-state index contributed by atoms with van der Waals surface area (Å²) >= 11 is 6.28. The van der Waals surface area contributed by atoms with Gasteiger partial charge in [-0.15, -0.1) is 0 Å². The molecule has 1 aromatic carbocycles. The molecule has 2 rings (SSSR count). The second kappa shape index (κ2) is 9.28. The highest BCUT2D eigenvalue weighted by molar-refractivity contribution is 6.31. The molecule has 1 aliphatic carbocycles. The molecule has 0 radical (unpaired) electrons. The number of halogens is 1. The third-order valence-electron chi connectivity index (χ3n) is 4.56. The van der Waals surface area contributed by atoms with Crippen molar-refractivity contribution in [2.45, 2.75) is 39.7 Å². The third kappa shape index (κ3) is 5.67. The number of guanidine groups is 1. The second-order valence-electron chi connectivity index (χ2n) is 6.56. The maximum absolute atomic E-state index is 6.28. The summed E-state index contributed by atoms with van der Waals surface area (Å²) in [5, 5.41) is 4.19. The maximum Gasteiger partial charge on any atom is 0.193 e. The van der Waals surface area contributed by atoms with Crippen LogP contribution in [0, 0.1) is 5.41 Å². The Kier molecular flexibility index (Phi) is 7.38. The minimum absolute atomic E-state index is 0.362. The molecule has 0 heterocycles. The number of benzene rings is 1. The Morgan fingerprint density at radius 3 is 2.71 bits per heavy atom. The van der Waals surface area contributed by atoms with Crippen molar-refractivity contribution in [3.63, 3.8) is 0 Å². The highest BCUT2D eigenvalue weighted by atomic mass is 35.5. The van der Waals surface area contributed by atoms with Gasteiger partial charge in [0, 0.05) is 44.9 Å². The van der Waals surface area contributed by atoms with Gasteiger partial charge in [-0.3, -0.25) is 4.99 Å². The topological polar surface area (TPSA) is 36.9 Å². The van der Waals surface area contributed by atoms with Crippen molar-refractivity contribution in [2.24, 2.45) is 10.4 Å².